The highest BCUT2D eigenvalue weighted by atomic mass is 79.9. The third-order valence-electron chi connectivity index (χ3n) is 2.91. The van der Waals surface area contributed by atoms with E-state index in [2.05, 4.69) is 62.7 Å². The van der Waals surface area contributed by atoms with E-state index in [0.717, 1.165) is 30.7 Å². The van der Waals surface area contributed by atoms with Crippen LogP contribution in [0.25, 0.3) is 0 Å². The molecule has 0 saturated heterocycles. The molecule has 7 heteroatoms. The fourth-order valence-corrected chi connectivity index (χ4v) is 4.44. The summed E-state index contributed by atoms with van der Waals surface area (Å²) in [6.07, 6.45) is 1.89. The molecule has 1 heterocycles. The molecule has 0 spiro atoms. The minimum absolute atomic E-state index is 0.705. The highest BCUT2D eigenvalue weighted by molar-refractivity contribution is 9.11. The summed E-state index contributed by atoms with van der Waals surface area (Å²) in [4.78, 5) is 6.40. The van der Waals surface area contributed by atoms with Gasteiger partial charge in [-0.2, -0.15) is 0 Å². The largest absolute Gasteiger partial charge is 0.378 e. The van der Waals surface area contributed by atoms with Gasteiger partial charge >= 0.3 is 0 Å². The Labute approximate surface area is 143 Å². The van der Waals surface area contributed by atoms with E-state index in [1.54, 1.807) is 0 Å². The van der Waals surface area contributed by atoms with Crippen LogP contribution in [0.3, 0.4) is 0 Å². The van der Waals surface area contributed by atoms with Crippen molar-refractivity contribution in [3.63, 3.8) is 0 Å². The molecule has 2 aromatic rings. The van der Waals surface area contributed by atoms with Crippen molar-refractivity contribution in [2.24, 2.45) is 7.05 Å². The van der Waals surface area contributed by atoms with E-state index < -0.39 is 0 Å². The van der Waals surface area contributed by atoms with Crippen LogP contribution in [0.5, 0.6) is 0 Å². The molecule has 1 N–H and O–H groups in total. The predicted octanol–water partition coefficient (Wildman–Crippen LogP) is 4.39. The third-order valence-corrected chi connectivity index (χ3v) is 4.62. The van der Waals surface area contributed by atoms with E-state index >= 15 is 0 Å². The van der Waals surface area contributed by atoms with Gasteiger partial charge in [0.2, 0.25) is 5.95 Å². The molecular formula is C13H15Br3N4. The minimum Gasteiger partial charge on any atom is -0.378 e. The molecule has 0 unspecified atom stereocenters. The van der Waals surface area contributed by atoms with E-state index in [0.29, 0.717) is 6.54 Å². The molecule has 0 atom stereocenters. The van der Waals surface area contributed by atoms with Gasteiger partial charge in [-0.15, -0.1) is 0 Å². The van der Waals surface area contributed by atoms with E-state index in [9.17, 15) is 0 Å². The van der Waals surface area contributed by atoms with Crippen molar-refractivity contribution in [3.8, 4) is 0 Å². The van der Waals surface area contributed by atoms with Gasteiger partial charge in [0.05, 0.1) is 24.1 Å². The van der Waals surface area contributed by atoms with Gasteiger partial charge in [0.25, 0.3) is 0 Å². The Morgan fingerprint density at radius 1 is 1.20 bits per heavy atom. The number of rotatable bonds is 4. The molecule has 0 bridgehead atoms. The average molecular weight is 467 g/mol. The van der Waals surface area contributed by atoms with Gasteiger partial charge in [-0.3, -0.25) is 0 Å². The summed E-state index contributed by atoms with van der Waals surface area (Å²) in [6, 6.07) is 4.03. The van der Waals surface area contributed by atoms with E-state index in [1.165, 1.54) is 0 Å². The van der Waals surface area contributed by atoms with Crippen LogP contribution in [0.4, 0.5) is 11.6 Å². The Hall–Kier alpha value is -0.530. The lowest BCUT2D eigenvalue weighted by molar-refractivity contribution is 0.813. The van der Waals surface area contributed by atoms with Crippen LogP contribution in [0.15, 0.2) is 31.7 Å². The average Bonchev–Trinajstić information content (AvgIpc) is 2.69. The highest BCUT2D eigenvalue weighted by Gasteiger charge is 2.10. The maximum atomic E-state index is 4.40. The Balaban J connectivity index is 2.17. The first-order chi connectivity index (χ1) is 9.40. The first-order valence-electron chi connectivity index (χ1n) is 5.96. The standard InChI is InChI=1S/C13H15Br3N4/c1-19(2)13-18-7-9(20(13)3)6-17-12-10(15)4-8(14)5-11(12)16/h4-5,7,17H,6H2,1-3H3. The number of nitrogens with zero attached hydrogens (tertiary/aromatic N) is 3. The minimum atomic E-state index is 0.705. The van der Waals surface area contributed by atoms with Crippen LogP contribution >= 0.6 is 47.8 Å². The zero-order valence-corrected chi connectivity index (χ0v) is 16.2. The smallest absolute Gasteiger partial charge is 0.204 e. The van der Waals surface area contributed by atoms with Gasteiger partial charge in [-0.05, 0) is 44.0 Å². The predicted molar refractivity (Wildman–Crippen MR) is 94.4 cm³/mol. The summed E-state index contributed by atoms with van der Waals surface area (Å²) in [5.41, 5.74) is 2.15. The van der Waals surface area contributed by atoms with Crippen LogP contribution in [-0.4, -0.2) is 23.6 Å². The van der Waals surface area contributed by atoms with Crippen molar-refractivity contribution in [1.29, 1.82) is 0 Å². The van der Waals surface area contributed by atoms with Crippen LogP contribution < -0.4 is 10.2 Å². The summed E-state index contributed by atoms with van der Waals surface area (Å²) in [6.45, 7) is 0.705. The number of anilines is 2. The molecule has 2 rings (SSSR count). The number of halogens is 3. The first-order valence-corrected chi connectivity index (χ1v) is 8.34. The quantitative estimate of drug-likeness (QED) is 0.725. The number of benzene rings is 1. The van der Waals surface area contributed by atoms with Crippen LogP contribution in [0.2, 0.25) is 0 Å². The SMILES string of the molecule is CN(C)c1ncc(CNc2c(Br)cc(Br)cc2Br)n1C. The lowest BCUT2D eigenvalue weighted by atomic mass is 10.3. The summed E-state index contributed by atoms with van der Waals surface area (Å²) in [7, 11) is 5.99. The van der Waals surface area contributed by atoms with Crippen LogP contribution in [-0.2, 0) is 13.6 Å². The van der Waals surface area contributed by atoms with Gasteiger partial charge < -0.3 is 14.8 Å². The molecular weight excluding hydrogens is 452 g/mol. The number of hydrogen-bond donors (Lipinski definition) is 1. The summed E-state index contributed by atoms with van der Waals surface area (Å²) in [5, 5.41) is 3.42. The van der Waals surface area contributed by atoms with Crippen LogP contribution in [0, 0.1) is 0 Å². The Morgan fingerprint density at radius 2 is 1.80 bits per heavy atom. The van der Waals surface area contributed by atoms with Crippen molar-refractivity contribution >= 4 is 59.4 Å². The number of nitrogens with one attached hydrogen (secondary N) is 1. The normalized spacial score (nSPS) is 10.7. The van der Waals surface area contributed by atoms with Crippen molar-refractivity contribution in [2.45, 2.75) is 6.54 Å². The number of imidazole rings is 1. The Kier molecular flexibility index (Phi) is 5.14. The molecule has 0 aliphatic rings. The maximum Gasteiger partial charge on any atom is 0.204 e. The lowest BCUT2D eigenvalue weighted by Gasteiger charge is -2.14. The zero-order valence-electron chi connectivity index (χ0n) is 11.4. The fourth-order valence-electron chi connectivity index (χ4n) is 1.90. The Bertz CT molecular complexity index is 599. The molecule has 0 aliphatic heterocycles. The summed E-state index contributed by atoms with van der Waals surface area (Å²) in [5.74, 6) is 0.940. The number of hydrogen-bond acceptors (Lipinski definition) is 3. The van der Waals surface area contributed by atoms with E-state index in [1.807, 2.05) is 44.4 Å². The summed E-state index contributed by atoms with van der Waals surface area (Å²) < 4.78 is 5.12. The molecule has 1 aromatic carbocycles. The first kappa shape index (κ1) is 15.9. The van der Waals surface area contributed by atoms with Crippen molar-refractivity contribution < 1.29 is 0 Å². The molecule has 0 aliphatic carbocycles. The van der Waals surface area contributed by atoms with Gasteiger partial charge in [0.1, 0.15) is 0 Å². The molecule has 4 nitrogen and oxygen atoms in total. The van der Waals surface area contributed by atoms with Gasteiger partial charge in [-0.25, -0.2) is 4.98 Å². The lowest BCUT2D eigenvalue weighted by Crippen LogP contribution is -2.15. The molecule has 0 saturated carbocycles. The molecule has 0 fully saturated rings. The molecule has 1 aromatic heterocycles. The molecule has 20 heavy (non-hydrogen) atoms. The second-order valence-electron chi connectivity index (χ2n) is 4.60. The Morgan fingerprint density at radius 3 is 2.30 bits per heavy atom. The van der Waals surface area contributed by atoms with E-state index in [4.69, 9.17) is 0 Å². The topological polar surface area (TPSA) is 33.1 Å². The second kappa shape index (κ2) is 6.49. The molecule has 108 valence electrons. The second-order valence-corrected chi connectivity index (χ2v) is 7.23. The monoisotopic (exact) mass is 464 g/mol. The van der Waals surface area contributed by atoms with Crippen molar-refractivity contribution in [2.75, 3.05) is 24.3 Å². The van der Waals surface area contributed by atoms with Gasteiger partial charge in [0, 0.05) is 34.6 Å². The molecule has 0 radical (unpaired) electrons. The van der Waals surface area contributed by atoms with E-state index in [-0.39, 0.29) is 0 Å². The van der Waals surface area contributed by atoms with Crippen molar-refractivity contribution in [3.05, 3.63) is 37.4 Å². The van der Waals surface area contributed by atoms with Gasteiger partial charge in [0.15, 0.2) is 0 Å². The zero-order chi connectivity index (χ0) is 14.9. The third kappa shape index (κ3) is 3.38. The van der Waals surface area contributed by atoms with Gasteiger partial charge in [-0.1, -0.05) is 15.9 Å². The highest BCUT2D eigenvalue weighted by Crippen LogP contribution is 2.34. The molecule has 0 amide bonds. The maximum absolute atomic E-state index is 4.40. The fraction of sp³-hybridized carbons (Fsp3) is 0.308. The number of aromatic nitrogens is 2. The van der Waals surface area contributed by atoms with Crippen LogP contribution in [0.1, 0.15) is 5.69 Å². The van der Waals surface area contributed by atoms with Crippen molar-refractivity contribution in [1.82, 2.24) is 9.55 Å². The summed E-state index contributed by atoms with van der Waals surface area (Å²) >= 11 is 10.6.